The van der Waals surface area contributed by atoms with Crippen molar-refractivity contribution in [2.45, 2.75) is 5.54 Å². The number of rotatable bonds is 0. The summed E-state index contributed by atoms with van der Waals surface area (Å²) in [6.07, 6.45) is 2.02. The van der Waals surface area contributed by atoms with Crippen molar-refractivity contribution in [2.75, 3.05) is 19.8 Å². The van der Waals surface area contributed by atoms with Crippen molar-refractivity contribution in [1.82, 2.24) is 5.32 Å². The molecule has 0 unspecified atom stereocenters. The van der Waals surface area contributed by atoms with E-state index in [0.717, 1.165) is 25.2 Å². The van der Waals surface area contributed by atoms with Gasteiger partial charge in [-0.15, -0.1) is 0 Å². The first-order valence-electron chi connectivity index (χ1n) is 3.12. The van der Waals surface area contributed by atoms with Gasteiger partial charge in [0.2, 0.25) is 0 Å². The van der Waals surface area contributed by atoms with Crippen molar-refractivity contribution in [3.05, 3.63) is 11.5 Å². The van der Waals surface area contributed by atoms with E-state index in [1.807, 2.05) is 6.08 Å². The number of ether oxygens (including phenoxy) is 1. The van der Waals surface area contributed by atoms with Crippen LogP contribution in [0.2, 0.25) is 0 Å². The summed E-state index contributed by atoms with van der Waals surface area (Å²) in [6, 6.07) is 0. The third kappa shape index (κ3) is 0.589. The maximum atomic E-state index is 5.69. The van der Waals surface area contributed by atoms with E-state index in [1.54, 1.807) is 0 Å². The Balaban J connectivity index is 2.20. The summed E-state index contributed by atoms with van der Waals surface area (Å²) >= 11 is 0. The number of nitrogens with one attached hydrogen (secondary N) is 1. The highest BCUT2D eigenvalue weighted by Crippen LogP contribution is 2.26. The lowest BCUT2D eigenvalue weighted by Gasteiger charge is -2.40. The van der Waals surface area contributed by atoms with E-state index < -0.39 is 0 Å². The van der Waals surface area contributed by atoms with Crippen molar-refractivity contribution in [2.24, 2.45) is 0 Å². The van der Waals surface area contributed by atoms with Crippen LogP contribution in [0.5, 0.6) is 0 Å². The molecular formula is C6H8BNO. The van der Waals surface area contributed by atoms with Gasteiger partial charge in [-0.05, 0) is 0 Å². The first-order valence-corrected chi connectivity index (χ1v) is 3.12. The van der Waals surface area contributed by atoms with Crippen molar-refractivity contribution >= 4 is 7.85 Å². The summed E-state index contributed by atoms with van der Waals surface area (Å²) in [7, 11) is 5.69. The molecule has 2 radical (unpaired) electrons. The Kier molecular flexibility index (Phi) is 0.986. The Labute approximate surface area is 55.7 Å². The molecule has 2 aliphatic rings. The van der Waals surface area contributed by atoms with E-state index in [0.29, 0.717) is 0 Å². The highest BCUT2D eigenvalue weighted by molar-refractivity contribution is 6.23. The third-order valence-electron chi connectivity index (χ3n) is 2.01. The molecule has 2 nitrogen and oxygen atoms in total. The van der Waals surface area contributed by atoms with Crippen LogP contribution < -0.4 is 5.32 Å². The molecule has 46 valence electrons. The van der Waals surface area contributed by atoms with E-state index in [1.165, 1.54) is 0 Å². The Morgan fingerprint density at radius 1 is 1.67 bits per heavy atom. The molecule has 9 heavy (non-hydrogen) atoms. The van der Waals surface area contributed by atoms with Gasteiger partial charge in [0.25, 0.3) is 0 Å². The molecule has 1 spiro atoms. The molecule has 0 aromatic rings. The van der Waals surface area contributed by atoms with Gasteiger partial charge in [0.1, 0.15) is 7.85 Å². The average molecular weight is 121 g/mol. The summed E-state index contributed by atoms with van der Waals surface area (Å²) in [5.74, 6) is 0. The van der Waals surface area contributed by atoms with Crippen molar-refractivity contribution in [1.29, 1.82) is 0 Å². The molecule has 0 atom stereocenters. The zero-order chi connectivity index (χ0) is 6.32. The van der Waals surface area contributed by atoms with Crippen LogP contribution in [0.3, 0.4) is 0 Å². The maximum absolute atomic E-state index is 5.69. The van der Waals surface area contributed by atoms with Crippen molar-refractivity contribution in [3.8, 4) is 0 Å². The molecule has 0 saturated carbocycles. The van der Waals surface area contributed by atoms with Crippen LogP contribution in [-0.2, 0) is 4.74 Å². The van der Waals surface area contributed by atoms with Gasteiger partial charge in [-0.3, -0.25) is 0 Å². The SMILES string of the molecule is [B]C1=CCNC12COC2. The first-order chi connectivity index (χ1) is 4.33. The monoisotopic (exact) mass is 121 g/mol. The first kappa shape index (κ1) is 5.51. The van der Waals surface area contributed by atoms with Gasteiger partial charge in [0.05, 0.1) is 18.8 Å². The number of hydrogen-bond acceptors (Lipinski definition) is 2. The summed E-state index contributed by atoms with van der Waals surface area (Å²) in [5, 5.41) is 3.28. The fraction of sp³-hybridized carbons (Fsp3) is 0.667. The Morgan fingerprint density at radius 2 is 2.44 bits per heavy atom. The molecule has 0 aromatic carbocycles. The molecule has 1 saturated heterocycles. The lowest BCUT2D eigenvalue weighted by molar-refractivity contribution is -0.0444. The second-order valence-corrected chi connectivity index (χ2v) is 2.62. The van der Waals surface area contributed by atoms with Crippen LogP contribution in [0, 0.1) is 0 Å². The Bertz CT molecular complexity index is 162. The van der Waals surface area contributed by atoms with Crippen LogP contribution in [-0.4, -0.2) is 33.1 Å². The molecule has 1 N–H and O–H groups in total. The average Bonchev–Trinajstić information content (AvgIpc) is 2.07. The summed E-state index contributed by atoms with van der Waals surface area (Å²) in [5.41, 5.74) is 0.994. The minimum absolute atomic E-state index is 0.0417. The van der Waals surface area contributed by atoms with Gasteiger partial charge in [-0.1, -0.05) is 11.5 Å². The second-order valence-electron chi connectivity index (χ2n) is 2.62. The molecule has 0 amide bonds. The smallest absolute Gasteiger partial charge is 0.110 e. The Hall–Kier alpha value is -0.275. The highest BCUT2D eigenvalue weighted by atomic mass is 16.5. The van der Waals surface area contributed by atoms with Crippen LogP contribution in [0.15, 0.2) is 11.5 Å². The summed E-state index contributed by atoms with van der Waals surface area (Å²) < 4.78 is 5.05. The van der Waals surface area contributed by atoms with Gasteiger partial charge < -0.3 is 10.1 Å². The van der Waals surface area contributed by atoms with Crippen LogP contribution in [0.25, 0.3) is 0 Å². The molecule has 0 aromatic heterocycles. The minimum atomic E-state index is 0.0417. The maximum Gasteiger partial charge on any atom is 0.110 e. The quantitative estimate of drug-likeness (QED) is 0.432. The van der Waals surface area contributed by atoms with E-state index in [9.17, 15) is 0 Å². The number of hydrogen-bond donors (Lipinski definition) is 1. The van der Waals surface area contributed by atoms with E-state index in [-0.39, 0.29) is 5.54 Å². The minimum Gasteiger partial charge on any atom is -0.377 e. The molecular weight excluding hydrogens is 113 g/mol. The fourth-order valence-corrected chi connectivity index (χ4v) is 1.23. The van der Waals surface area contributed by atoms with Gasteiger partial charge in [-0.25, -0.2) is 0 Å². The molecule has 2 rings (SSSR count). The predicted molar refractivity (Wildman–Crippen MR) is 35.4 cm³/mol. The van der Waals surface area contributed by atoms with Gasteiger partial charge in [0.15, 0.2) is 0 Å². The second kappa shape index (κ2) is 1.61. The van der Waals surface area contributed by atoms with Crippen LogP contribution in [0.1, 0.15) is 0 Å². The molecule has 0 bridgehead atoms. The molecule has 2 aliphatic heterocycles. The summed E-state index contributed by atoms with van der Waals surface area (Å²) in [4.78, 5) is 0. The fourth-order valence-electron chi connectivity index (χ4n) is 1.23. The van der Waals surface area contributed by atoms with Crippen LogP contribution >= 0.6 is 0 Å². The van der Waals surface area contributed by atoms with Gasteiger partial charge in [-0.2, -0.15) is 0 Å². The molecule has 2 heterocycles. The lowest BCUT2D eigenvalue weighted by atomic mass is 9.78. The van der Waals surface area contributed by atoms with Gasteiger partial charge >= 0.3 is 0 Å². The van der Waals surface area contributed by atoms with E-state index >= 15 is 0 Å². The summed E-state index contributed by atoms with van der Waals surface area (Å²) in [6.45, 7) is 2.39. The van der Waals surface area contributed by atoms with Gasteiger partial charge in [0, 0.05) is 6.54 Å². The van der Waals surface area contributed by atoms with E-state index in [2.05, 4.69) is 5.32 Å². The molecule has 3 heteroatoms. The van der Waals surface area contributed by atoms with Crippen LogP contribution in [0.4, 0.5) is 0 Å². The van der Waals surface area contributed by atoms with Crippen molar-refractivity contribution in [3.63, 3.8) is 0 Å². The molecule has 1 fully saturated rings. The predicted octanol–water partition coefficient (Wildman–Crippen LogP) is -0.589. The lowest BCUT2D eigenvalue weighted by Crippen LogP contribution is -2.59. The Morgan fingerprint density at radius 3 is 2.67 bits per heavy atom. The normalized spacial score (nSPS) is 30.0. The largest absolute Gasteiger partial charge is 0.377 e. The zero-order valence-corrected chi connectivity index (χ0v) is 5.18. The standard InChI is InChI=1S/C6H8BNO/c7-5-1-2-8-6(5)3-9-4-6/h1,8H,2-4H2. The van der Waals surface area contributed by atoms with Crippen molar-refractivity contribution < 1.29 is 4.74 Å². The topological polar surface area (TPSA) is 21.3 Å². The van der Waals surface area contributed by atoms with E-state index in [4.69, 9.17) is 12.6 Å². The zero-order valence-electron chi connectivity index (χ0n) is 5.18. The highest BCUT2D eigenvalue weighted by Gasteiger charge is 2.41. The third-order valence-corrected chi connectivity index (χ3v) is 2.01. The molecule has 0 aliphatic carbocycles.